The highest BCUT2D eigenvalue weighted by Crippen LogP contribution is 2.49. The lowest BCUT2D eigenvalue weighted by Gasteiger charge is -2.47. The molecule has 1 aliphatic carbocycles. The molecule has 0 radical (unpaired) electrons. The van der Waals surface area contributed by atoms with Gasteiger partial charge in [0.05, 0.1) is 23.6 Å². The molecule has 2 atom stereocenters. The predicted molar refractivity (Wildman–Crippen MR) is 217 cm³/mol. The number of halogens is 1. The number of carbonyl (C=O) groups excluding carboxylic acids is 1. The van der Waals surface area contributed by atoms with E-state index in [0.29, 0.717) is 43.8 Å². The number of methoxy groups -OCH3 is 1. The van der Waals surface area contributed by atoms with Gasteiger partial charge in [0.15, 0.2) is 15.4 Å². The van der Waals surface area contributed by atoms with E-state index in [1.807, 2.05) is 42.5 Å². The molecule has 2 aliphatic rings. The highest BCUT2D eigenvalue weighted by Gasteiger charge is 2.49. The van der Waals surface area contributed by atoms with Gasteiger partial charge < -0.3 is 39.2 Å². The minimum absolute atomic E-state index is 0.0270. The maximum absolute atomic E-state index is 12.2. The molecule has 1 fully saturated rings. The van der Waals surface area contributed by atoms with Crippen molar-refractivity contribution in [3.8, 4) is 11.5 Å². The van der Waals surface area contributed by atoms with Crippen molar-refractivity contribution >= 4 is 38.9 Å². The summed E-state index contributed by atoms with van der Waals surface area (Å²) >= 11 is 6.85. The van der Waals surface area contributed by atoms with Crippen molar-refractivity contribution in [3.63, 3.8) is 0 Å². The number of benzene rings is 2. The minimum Gasteiger partial charge on any atom is -0.488 e. The lowest BCUT2D eigenvalue weighted by molar-refractivity contribution is -0.167. The smallest absolute Gasteiger partial charge is 0.337 e. The van der Waals surface area contributed by atoms with Crippen LogP contribution >= 0.6 is 11.6 Å². The van der Waals surface area contributed by atoms with Crippen LogP contribution in [0.1, 0.15) is 49.8 Å². The van der Waals surface area contributed by atoms with E-state index in [-0.39, 0.29) is 54.0 Å². The summed E-state index contributed by atoms with van der Waals surface area (Å²) in [7, 11) is -2.25. The van der Waals surface area contributed by atoms with Crippen LogP contribution in [0.15, 0.2) is 84.0 Å². The van der Waals surface area contributed by atoms with Crippen LogP contribution in [-0.2, 0) is 42.1 Å². The standard InChI is InChI=1S/C42H52ClN3O11S/c1-40(2)33(30-10-6-5-7-11-30)12-8-13-42(40,57-19-9-16-46-17-14-41(51,15-18-46)39(50)54-3)28-56-37-22-36(31(21-34(37)43)24-45-35(26-47)38(48)49)55-27-29-20-32(25-44-23-29)58(4,52)53/h5-8,10-13,20-23,25,35,45,47,51H,9,14-19,24,26-28H2,1-4H3,(H,48,49). The molecule has 4 N–H and O–H groups in total. The molecule has 16 heteroatoms. The molecule has 2 aromatic carbocycles. The van der Waals surface area contributed by atoms with Crippen LogP contribution in [0.4, 0.5) is 0 Å². The summed E-state index contributed by atoms with van der Waals surface area (Å²) in [6, 6.07) is 13.4. The Morgan fingerprint density at radius 3 is 2.43 bits per heavy atom. The van der Waals surface area contributed by atoms with E-state index < -0.39 is 51.0 Å². The van der Waals surface area contributed by atoms with Crippen LogP contribution in [-0.4, -0.2) is 116 Å². The number of aliphatic hydroxyl groups excluding tert-OH is 1. The molecule has 0 bridgehead atoms. The van der Waals surface area contributed by atoms with Gasteiger partial charge in [0.1, 0.15) is 36.4 Å². The average Bonchev–Trinajstić information content (AvgIpc) is 3.20. The van der Waals surface area contributed by atoms with E-state index in [1.54, 1.807) is 12.1 Å². The van der Waals surface area contributed by atoms with Gasteiger partial charge in [0.2, 0.25) is 0 Å². The first kappa shape index (κ1) is 44.7. The van der Waals surface area contributed by atoms with Crippen molar-refractivity contribution in [1.82, 2.24) is 15.2 Å². The van der Waals surface area contributed by atoms with E-state index in [1.165, 1.54) is 25.6 Å². The van der Waals surface area contributed by atoms with Gasteiger partial charge >= 0.3 is 11.9 Å². The third-order valence-electron chi connectivity index (χ3n) is 10.8. The van der Waals surface area contributed by atoms with Gasteiger partial charge in [0, 0.05) is 74.0 Å². The highest BCUT2D eigenvalue weighted by atomic mass is 35.5. The molecule has 2 unspecified atom stereocenters. The molecule has 1 saturated heterocycles. The first-order valence-electron chi connectivity index (χ1n) is 18.9. The summed E-state index contributed by atoms with van der Waals surface area (Å²) in [6.45, 7) is 5.57. The second-order valence-corrected chi connectivity index (χ2v) is 17.5. The van der Waals surface area contributed by atoms with Gasteiger partial charge in [-0.2, -0.15) is 0 Å². The summed E-state index contributed by atoms with van der Waals surface area (Å²) in [5.74, 6) is -1.31. The number of hydrogen-bond donors (Lipinski definition) is 4. The van der Waals surface area contributed by atoms with E-state index in [4.69, 9.17) is 30.5 Å². The number of nitrogens with zero attached hydrogens (tertiary/aromatic N) is 2. The van der Waals surface area contributed by atoms with Crippen LogP contribution in [0.5, 0.6) is 11.5 Å². The number of carboxylic acid groups (broad SMARTS) is 1. The quantitative estimate of drug-likeness (QED) is 0.0977. The fourth-order valence-corrected chi connectivity index (χ4v) is 7.97. The predicted octanol–water partition coefficient (Wildman–Crippen LogP) is 4.46. The Labute approximate surface area is 344 Å². The number of esters is 1. The number of likely N-dealkylation sites (tertiary alicyclic amines) is 1. The Balaban J connectivity index is 1.39. The van der Waals surface area contributed by atoms with E-state index in [0.717, 1.165) is 17.4 Å². The summed E-state index contributed by atoms with van der Waals surface area (Å²) in [4.78, 5) is 30.0. The lowest BCUT2D eigenvalue weighted by Crippen LogP contribution is -2.52. The zero-order chi connectivity index (χ0) is 42.1. The Morgan fingerprint density at radius 1 is 1.05 bits per heavy atom. The maximum atomic E-state index is 12.2. The number of carbonyl (C=O) groups is 2. The van der Waals surface area contributed by atoms with Crippen LogP contribution in [0.25, 0.3) is 5.57 Å². The number of aromatic nitrogens is 1. The summed E-state index contributed by atoms with van der Waals surface area (Å²) in [5, 5.41) is 32.8. The Bertz CT molecular complexity index is 2090. The summed E-state index contributed by atoms with van der Waals surface area (Å²) in [6.07, 6.45) is 11.1. The van der Waals surface area contributed by atoms with Crippen molar-refractivity contribution in [1.29, 1.82) is 0 Å². The monoisotopic (exact) mass is 841 g/mol. The third kappa shape index (κ3) is 10.6. The summed E-state index contributed by atoms with van der Waals surface area (Å²) < 4.78 is 48.8. The first-order valence-corrected chi connectivity index (χ1v) is 21.2. The molecule has 58 heavy (non-hydrogen) atoms. The van der Waals surface area contributed by atoms with Gasteiger partial charge in [-0.3, -0.25) is 15.1 Å². The van der Waals surface area contributed by atoms with Crippen molar-refractivity contribution in [3.05, 3.63) is 101 Å². The van der Waals surface area contributed by atoms with Crippen LogP contribution < -0.4 is 14.8 Å². The molecule has 0 spiro atoms. The number of allylic oxidation sites excluding steroid dienone is 2. The number of aliphatic hydroxyl groups is 2. The first-order chi connectivity index (χ1) is 27.5. The zero-order valence-corrected chi connectivity index (χ0v) is 34.7. The van der Waals surface area contributed by atoms with E-state index in [2.05, 4.69) is 35.1 Å². The van der Waals surface area contributed by atoms with Crippen LogP contribution in [0, 0.1) is 5.41 Å². The number of nitrogens with one attached hydrogen (secondary N) is 1. The van der Waals surface area contributed by atoms with Gasteiger partial charge in [0.25, 0.3) is 0 Å². The fourth-order valence-electron chi connectivity index (χ4n) is 7.11. The molecule has 0 amide bonds. The lowest BCUT2D eigenvalue weighted by atomic mass is 9.65. The topological polar surface area (TPSA) is 194 Å². The number of ether oxygens (including phenoxy) is 4. The molecule has 0 saturated carbocycles. The SMILES string of the molecule is COC(=O)C1(O)CCN(CCCOC2(COc3cc(OCc4cncc(S(C)(=O)=O)c4)c(CNC(CO)C(=O)O)cc3Cl)C=CC=C(c3ccccc3)C2(C)C)CC1. The summed E-state index contributed by atoms with van der Waals surface area (Å²) in [5.41, 5.74) is -0.0996. The number of hydrogen-bond acceptors (Lipinski definition) is 13. The molecule has 14 nitrogen and oxygen atoms in total. The second kappa shape index (κ2) is 19.1. The fraction of sp³-hybridized carbons (Fsp3) is 0.452. The minimum atomic E-state index is -3.53. The van der Waals surface area contributed by atoms with Crippen LogP contribution in [0.2, 0.25) is 5.02 Å². The molecular weight excluding hydrogens is 790 g/mol. The molecule has 5 rings (SSSR count). The number of aliphatic carboxylic acids is 1. The molecular formula is C42H52ClN3O11S. The van der Waals surface area contributed by atoms with Gasteiger partial charge in [-0.25, -0.2) is 13.2 Å². The molecule has 1 aliphatic heterocycles. The Kier molecular flexibility index (Phi) is 14.8. The largest absolute Gasteiger partial charge is 0.488 e. The Hall–Kier alpha value is -4.35. The number of pyridine rings is 1. The third-order valence-corrected chi connectivity index (χ3v) is 12.2. The highest BCUT2D eigenvalue weighted by molar-refractivity contribution is 7.90. The van der Waals surface area contributed by atoms with Gasteiger partial charge in [-0.1, -0.05) is 67.9 Å². The van der Waals surface area contributed by atoms with E-state index >= 15 is 0 Å². The van der Waals surface area contributed by atoms with Crippen molar-refractivity contribution in [2.45, 2.75) is 68.4 Å². The number of piperidine rings is 1. The van der Waals surface area contributed by atoms with E-state index in [9.17, 15) is 33.3 Å². The Morgan fingerprint density at radius 2 is 1.78 bits per heavy atom. The maximum Gasteiger partial charge on any atom is 0.337 e. The van der Waals surface area contributed by atoms with Gasteiger partial charge in [-0.15, -0.1) is 0 Å². The normalized spacial score (nSPS) is 19.5. The number of rotatable bonds is 19. The van der Waals surface area contributed by atoms with Crippen molar-refractivity contribution in [2.24, 2.45) is 5.41 Å². The van der Waals surface area contributed by atoms with Crippen molar-refractivity contribution in [2.75, 3.05) is 52.8 Å². The van der Waals surface area contributed by atoms with Crippen molar-refractivity contribution < 1.29 is 52.3 Å². The number of sulfone groups is 1. The molecule has 3 aromatic rings. The number of carboxylic acids is 1. The van der Waals surface area contributed by atoms with Gasteiger partial charge in [-0.05, 0) is 48.6 Å². The second-order valence-electron chi connectivity index (χ2n) is 15.1. The molecule has 2 heterocycles. The average molecular weight is 842 g/mol. The molecule has 1 aromatic heterocycles. The molecule has 314 valence electrons. The zero-order valence-electron chi connectivity index (χ0n) is 33.1. The van der Waals surface area contributed by atoms with Crippen LogP contribution in [0.3, 0.4) is 0 Å².